The van der Waals surface area contributed by atoms with Crippen molar-refractivity contribution in [2.75, 3.05) is 5.73 Å². The Labute approximate surface area is 123 Å². The largest absolute Gasteiger partial charge is 0.369 e. The summed E-state index contributed by atoms with van der Waals surface area (Å²) in [6.07, 6.45) is 3.44. The molecule has 2 heterocycles. The topological polar surface area (TPSA) is 56.7 Å². The molecule has 0 saturated carbocycles. The average molecular weight is 335 g/mol. The number of nitrogen functional groups attached to an aromatic ring is 1. The average Bonchev–Trinajstić information content (AvgIpc) is 2.75. The molecule has 0 aliphatic carbocycles. The molecule has 0 aliphatic rings. The summed E-state index contributed by atoms with van der Waals surface area (Å²) >= 11 is 3.16. The van der Waals surface area contributed by atoms with Crippen molar-refractivity contribution >= 4 is 32.9 Å². The third-order valence-electron chi connectivity index (χ3n) is 3.33. The number of imidazole rings is 1. The van der Waals surface area contributed by atoms with Crippen molar-refractivity contribution < 1.29 is 4.39 Å². The molecule has 0 saturated heterocycles. The van der Waals surface area contributed by atoms with Gasteiger partial charge in [-0.25, -0.2) is 9.37 Å². The quantitative estimate of drug-likeness (QED) is 0.779. The van der Waals surface area contributed by atoms with Gasteiger partial charge in [0, 0.05) is 18.5 Å². The molecule has 0 amide bonds. The molecule has 20 heavy (non-hydrogen) atoms. The number of halogens is 2. The zero-order valence-electron chi connectivity index (χ0n) is 10.7. The summed E-state index contributed by atoms with van der Waals surface area (Å²) in [5.74, 6) is 0.0300. The van der Waals surface area contributed by atoms with Gasteiger partial charge in [-0.05, 0) is 46.6 Å². The van der Waals surface area contributed by atoms with E-state index in [1.807, 2.05) is 23.6 Å². The van der Waals surface area contributed by atoms with Crippen LogP contribution >= 0.6 is 15.9 Å². The number of pyridine rings is 1. The zero-order chi connectivity index (χ0) is 14.3. The number of fused-ring (bicyclic) bond motifs is 1. The summed E-state index contributed by atoms with van der Waals surface area (Å²) in [7, 11) is 0. The van der Waals surface area contributed by atoms with E-state index < -0.39 is 0 Å². The SMILES string of the molecule is CC(c1ccncc1)n1c(N)nc2cc(Br)c(F)cc21. The maximum atomic E-state index is 13.8. The van der Waals surface area contributed by atoms with E-state index in [0.29, 0.717) is 21.5 Å². The minimum atomic E-state index is -0.333. The number of rotatable bonds is 2. The molecular weight excluding hydrogens is 323 g/mol. The molecular formula is C14H12BrFN4. The van der Waals surface area contributed by atoms with Crippen molar-refractivity contribution in [3.8, 4) is 0 Å². The molecule has 6 heteroatoms. The Morgan fingerprint density at radius 3 is 2.70 bits per heavy atom. The van der Waals surface area contributed by atoms with Crippen molar-refractivity contribution in [3.63, 3.8) is 0 Å². The number of aromatic nitrogens is 3. The van der Waals surface area contributed by atoms with Crippen molar-refractivity contribution in [3.05, 3.63) is 52.5 Å². The van der Waals surface area contributed by atoms with Gasteiger partial charge in [-0.15, -0.1) is 0 Å². The Morgan fingerprint density at radius 2 is 2.00 bits per heavy atom. The molecule has 4 nitrogen and oxygen atoms in total. The van der Waals surface area contributed by atoms with E-state index in [4.69, 9.17) is 5.73 Å². The maximum Gasteiger partial charge on any atom is 0.201 e. The Bertz CT molecular complexity index is 770. The molecule has 2 N–H and O–H groups in total. The van der Waals surface area contributed by atoms with Gasteiger partial charge in [-0.1, -0.05) is 0 Å². The van der Waals surface area contributed by atoms with Crippen molar-refractivity contribution in [2.24, 2.45) is 0 Å². The van der Waals surface area contributed by atoms with Crippen LogP contribution in [-0.4, -0.2) is 14.5 Å². The first-order chi connectivity index (χ1) is 9.58. The van der Waals surface area contributed by atoms with Gasteiger partial charge in [-0.3, -0.25) is 4.98 Å². The first-order valence-corrected chi connectivity index (χ1v) is 6.89. The molecule has 3 aromatic rings. The fourth-order valence-corrected chi connectivity index (χ4v) is 2.64. The van der Waals surface area contributed by atoms with E-state index in [-0.39, 0.29) is 11.9 Å². The molecule has 102 valence electrons. The lowest BCUT2D eigenvalue weighted by atomic mass is 10.1. The van der Waals surface area contributed by atoms with E-state index >= 15 is 0 Å². The van der Waals surface area contributed by atoms with Crippen LogP contribution in [-0.2, 0) is 0 Å². The highest BCUT2D eigenvalue weighted by molar-refractivity contribution is 9.10. The predicted molar refractivity (Wildman–Crippen MR) is 79.9 cm³/mol. The van der Waals surface area contributed by atoms with E-state index in [9.17, 15) is 4.39 Å². The van der Waals surface area contributed by atoms with Gasteiger partial charge in [0.05, 0.1) is 21.5 Å². The number of nitrogens with two attached hydrogens (primary N) is 1. The molecule has 0 fully saturated rings. The van der Waals surface area contributed by atoms with Gasteiger partial charge in [0.15, 0.2) is 0 Å². The summed E-state index contributed by atoms with van der Waals surface area (Å²) in [5.41, 5.74) is 8.36. The fraction of sp³-hybridized carbons (Fsp3) is 0.143. The van der Waals surface area contributed by atoms with E-state index in [0.717, 1.165) is 5.56 Å². The van der Waals surface area contributed by atoms with Gasteiger partial charge < -0.3 is 10.3 Å². The van der Waals surface area contributed by atoms with Crippen molar-refractivity contribution in [1.82, 2.24) is 14.5 Å². The van der Waals surface area contributed by atoms with Crippen LogP contribution in [0.2, 0.25) is 0 Å². The molecule has 0 radical (unpaired) electrons. The Balaban J connectivity index is 2.21. The molecule has 0 bridgehead atoms. The van der Waals surface area contributed by atoms with E-state index in [1.54, 1.807) is 18.5 Å². The lowest BCUT2D eigenvalue weighted by Gasteiger charge is -2.16. The first kappa shape index (κ1) is 13.1. The fourth-order valence-electron chi connectivity index (χ4n) is 2.31. The van der Waals surface area contributed by atoms with Crippen molar-refractivity contribution in [2.45, 2.75) is 13.0 Å². The molecule has 2 aromatic heterocycles. The van der Waals surface area contributed by atoms with Crippen LogP contribution in [0.1, 0.15) is 18.5 Å². The number of anilines is 1. The second-order valence-corrected chi connectivity index (χ2v) is 5.41. The standard InChI is InChI=1S/C14H12BrFN4/c1-8(9-2-4-18-5-3-9)20-13-7-11(16)10(15)6-12(13)19-14(20)17/h2-8H,1H3,(H2,17,19). The van der Waals surface area contributed by atoms with E-state index in [1.165, 1.54) is 6.07 Å². The normalized spacial score (nSPS) is 12.8. The summed E-state index contributed by atoms with van der Waals surface area (Å²) < 4.78 is 16.0. The monoisotopic (exact) mass is 334 g/mol. The third kappa shape index (κ3) is 2.06. The second kappa shape index (κ2) is 4.86. The van der Waals surface area contributed by atoms with E-state index in [2.05, 4.69) is 25.9 Å². The van der Waals surface area contributed by atoms with Gasteiger partial charge >= 0.3 is 0 Å². The first-order valence-electron chi connectivity index (χ1n) is 6.10. The van der Waals surface area contributed by atoms with Gasteiger partial charge in [0.1, 0.15) is 5.82 Å². The summed E-state index contributed by atoms with van der Waals surface area (Å²) in [5, 5.41) is 0. The predicted octanol–water partition coefficient (Wildman–Crippen LogP) is 3.52. The lowest BCUT2D eigenvalue weighted by Crippen LogP contribution is -2.10. The number of hydrogen-bond acceptors (Lipinski definition) is 3. The van der Waals surface area contributed by atoms with Crippen LogP contribution in [0.15, 0.2) is 41.1 Å². The third-order valence-corrected chi connectivity index (χ3v) is 3.94. The molecule has 3 rings (SSSR count). The maximum absolute atomic E-state index is 13.8. The molecule has 1 atom stereocenters. The Hall–Kier alpha value is -1.95. The lowest BCUT2D eigenvalue weighted by molar-refractivity contribution is 0.619. The molecule has 1 aromatic carbocycles. The number of nitrogens with zero attached hydrogens (tertiary/aromatic N) is 3. The number of hydrogen-bond donors (Lipinski definition) is 1. The van der Waals surface area contributed by atoms with Crippen LogP contribution in [0, 0.1) is 5.82 Å². The molecule has 1 unspecified atom stereocenters. The molecule has 0 aliphatic heterocycles. The highest BCUT2D eigenvalue weighted by Gasteiger charge is 2.17. The Morgan fingerprint density at radius 1 is 1.30 bits per heavy atom. The summed E-state index contributed by atoms with van der Waals surface area (Å²) in [4.78, 5) is 8.29. The van der Waals surface area contributed by atoms with Crippen LogP contribution < -0.4 is 5.73 Å². The van der Waals surface area contributed by atoms with Crippen LogP contribution in [0.3, 0.4) is 0 Å². The minimum absolute atomic E-state index is 0.0522. The van der Waals surface area contributed by atoms with Crippen LogP contribution in [0.4, 0.5) is 10.3 Å². The number of benzene rings is 1. The molecule has 0 spiro atoms. The zero-order valence-corrected chi connectivity index (χ0v) is 12.3. The van der Waals surface area contributed by atoms with Crippen LogP contribution in [0.25, 0.3) is 11.0 Å². The van der Waals surface area contributed by atoms with Gasteiger partial charge in [0.25, 0.3) is 0 Å². The summed E-state index contributed by atoms with van der Waals surface area (Å²) in [6, 6.07) is 6.84. The second-order valence-electron chi connectivity index (χ2n) is 4.55. The van der Waals surface area contributed by atoms with Crippen LogP contribution in [0.5, 0.6) is 0 Å². The Kier molecular flexibility index (Phi) is 3.17. The minimum Gasteiger partial charge on any atom is -0.369 e. The van der Waals surface area contributed by atoms with Gasteiger partial charge in [-0.2, -0.15) is 0 Å². The van der Waals surface area contributed by atoms with Gasteiger partial charge in [0.2, 0.25) is 5.95 Å². The smallest absolute Gasteiger partial charge is 0.201 e. The highest BCUT2D eigenvalue weighted by Crippen LogP contribution is 2.30. The summed E-state index contributed by atoms with van der Waals surface area (Å²) in [6.45, 7) is 1.99. The highest BCUT2D eigenvalue weighted by atomic mass is 79.9. The van der Waals surface area contributed by atoms with Crippen molar-refractivity contribution in [1.29, 1.82) is 0 Å².